The molecule has 0 aliphatic heterocycles. The standard InChI is InChI=1S/C23H19Cl2NO3S/c1-3-29-23(28)21-17(15-9-7-14(2)8-10-15)13-30-22(21)26-20(27)12-11-16-18(24)5-4-6-19(16)25/h4-13H,3H2,1-2H3,(H,26,27). The second-order valence-corrected chi connectivity index (χ2v) is 8.09. The van der Waals surface area contributed by atoms with Crippen LogP contribution in [0.3, 0.4) is 0 Å². The molecule has 0 saturated carbocycles. The summed E-state index contributed by atoms with van der Waals surface area (Å²) in [4.78, 5) is 25.1. The first-order valence-electron chi connectivity index (χ1n) is 9.19. The van der Waals surface area contributed by atoms with Gasteiger partial charge in [-0.15, -0.1) is 11.3 Å². The van der Waals surface area contributed by atoms with Crippen molar-refractivity contribution in [3.63, 3.8) is 0 Å². The molecular weight excluding hydrogens is 441 g/mol. The molecule has 0 fully saturated rings. The molecule has 0 aliphatic carbocycles. The van der Waals surface area contributed by atoms with E-state index in [1.807, 2.05) is 36.6 Å². The van der Waals surface area contributed by atoms with Crippen molar-refractivity contribution >= 4 is 57.5 Å². The Balaban J connectivity index is 1.90. The first-order chi connectivity index (χ1) is 14.4. The maximum atomic E-state index is 12.6. The van der Waals surface area contributed by atoms with Gasteiger partial charge < -0.3 is 10.1 Å². The fourth-order valence-electron chi connectivity index (χ4n) is 2.78. The maximum Gasteiger partial charge on any atom is 0.341 e. The summed E-state index contributed by atoms with van der Waals surface area (Å²) in [5.41, 5.74) is 3.59. The number of thiophene rings is 1. The van der Waals surface area contributed by atoms with Gasteiger partial charge in [-0.2, -0.15) is 0 Å². The number of rotatable bonds is 6. The Morgan fingerprint density at radius 2 is 1.77 bits per heavy atom. The molecule has 0 unspecified atom stereocenters. The molecule has 3 aromatic rings. The zero-order valence-corrected chi connectivity index (χ0v) is 18.7. The highest BCUT2D eigenvalue weighted by Gasteiger charge is 2.22. The van der Waals surface area contributed by atoms with Crippen molar-refractivity contribution in [1.82, 2.24) is 0 Å². The van der Waals surface area contributed by atoms with E-state index in [4.69, 9.17) is 27.9 Å². The van der Waals surface area contributed by atoms with Gasteiger partial charge in [-0.25, -0.2) is 4.79 Å². The fraction of sp³-hybridized carbons (Fsp3) is 0.130. The molecule has 4 nitrogen and oxygen atoms in total. The number of esters is 1. The summed E-state index contributed by atoms with van der Waals surface area (Å²) >= 11 is 13.5. The Bertz CT molecular complexity index is 1080. The number of halogens is 2. The molecule has 0 aliphatic rings. The molecule has 0 atom stereocenters. The van der Waals surface area contributed by atoms with E-state index in [0.717, 1.165) is 11.1 Å². The van der Waals surface area contributed by atoms with E-state index in [2.05, 4.69) is 5.32 Å². The Hall–Kier alpha value is -2.60. The lowest BCUT2D eigenvalue weighted by atomic mass is 10.0. The van der Waals surface area contributed by atoms with Crippen LogP contribution in [0.4, 0.5) is 5.00 Å². The fourth-order valence-corrected chi connectivity index (χ4v) is 4.27. The molecule has 1 N–H and O–H groups in total. The summed E-state index contributed by atoms with van der Waals surface area (Å²) in [5.74, 6) is -0.892. The Kier molecular flexibility index (Phi) is 7.32. The van der Waals surface area contributed by atoms with Crippen molar-refractivity contribution in [1.29, 1.82) is 0 Å². The minimum atomic E-state index is -0.484. The predicted octanol–water partition coefficient (Wildman–Crippen LogP) is 6.86. The summed E-state index contributed by atoms with van der Waals surface area (Å²) in [7, 11) is 0. The molecule has 154 valence electrons. The normalized spacial score (nSPS) is 10.9. The van der Waals surface area contributed by atoms with Gasteiger partial charge in [0.25, 0.3) is 0 Å². The van der Waals surface area contributed by atoms with Gasteiger partial charge in [-0.1, -0.05) is 59.1 Å². The average Bonchev–Trinajstić information content (AvgIpc) is 3.12. The van der Waals surface area contributed by atoms with E-state index in [0.29, 0.717) is 31.7 Å². The summed E-state index contributed by atoms with van der Waals surface area (Å²) in [6.45, 7) is 3.97. The minimum Gasteiger partial charge on any atom is -0.462 e. The molecule has 3 rings (SSSR count). The number of carbonyl (C=O) groups excluding carboxylic acids is 2. The zero-order chi connectivity index (χ0) is 21.7. The van der Waals surface area contributed by atoms with Gasteiger partial charge in [-0.05, 0) is 37.6 Å². The van der Waals surface area contributed by atoms with Crippen LogP contribution in [0.5, 0.6) is 0 Å². The Morgan fingerprint density at radius 1 is 1.10 bits per heavy atom. The Labute approximate surface area is 189 Å². The molecule has 0 saturated heterocycles. The quantitative estimate of drug-likeness (QED) is 0.323. The van der Waals surface area contributed by atoms with Crippen molar-refractivity contribution in [2.45, 2.75) is 13.8 Å². The SMILES string of the molecule is CCOC(=O)c1c(-c2ccc(C)cc2)csc1NC(=O)C=Cc1c(Cl)cccc1Cl. The largest absolute Gasteiger partial charge is 0.462 e. The predicted molar refractivity (Wildman–Crippen MR) is 125 cm³/mol. The number of amides is 1. The van der Waals surface area contributed by atoms with Crippen LogP contribution in [-0.4, -0.2) is 18.5 Å². The molecule has 0 spiro atoms. The zero-order valence-electron chi connectivity index (χ0n) is 16.4. The first kappa shape index (κ1) is 22.1. The van der Waals surface area contributed by atoms with E-state index in [9.17, 15) is 9.59 Å². The van der Waals surface area contributed by atoms with Crippen LogP contribution < -0.4 is 5.32 Å². The number of ether oxygens (including phenoxy) is 1. The number of nitrogens with one attached hydrogen (secondary N) is 1. The van der Waals surface area contributed by atoms with Crippen LogP contribution in [0.15, 0.2) is 53.9 Å². The van der Waals surface area contributed by atoms with Crippen molar-refractivity contribution in [3.8, 4) is 11.1 Å². The van der Waals surface area contributed by atoms with Crippen molar-refractivity contribution in [2.75, 3.05) is 11.9 Å². The van der Waals surface area contributed by atoms with Crippen LogP contribution in [0.2, 0.25) is 10.0 Å². The summed E-state index contributed by atoms with van der Waals surface area (Å²) in [5, 5.41) is 5.90. The van der Waals surface area contributed by atoms with Gasteiger partial charge in [-0.3, -0.25) is 4.79 Å². The molecule has 2 aromatic carbocycles. The van der Waals surface area contributed by atoms with E-state index < -0.39 is 11.9 Å². The number of aryl methyl sites for hydroxylation is 1. The van der Waals surface area contributed by atoms with E-state index >= 15 is 0 Å². The van der Waals surface area contributed by atoms with E-state index in [1.165, 1.54) is 17.4 Å². The molecule has 1 aromatic heterocycles. The summed E-state index contributed by atoms with van der Waals surface area (Å²) in [6.07, 6.45) is 2.87. The lowest BCUT2D eigenvalue weighted by Crippen LogP contribution is -2.12. The summed E-state index contributed by atoms with van der Waals surface area (Å²) in [6, 6.07) is 12.9. The highest BCUT2D eigenvalue weighted by atomic mass is 35.5. The van der Waals surface area contributed by atoms with E-state index in [-0.39, 0.29) is 6.61 Å². The average molecular weight is 460 g/mol. The van der Waals surface area contributed by atoms with Crippen LogP contribution in [0.25, 0.3) is 17.2 Å². The second kappa shape index (κ2) is 9.94. The first-order valence-corrected chi connectivity index (χ1v) is 10.8. The molecule has 7 heteroatoms. The number of carbonyl (C=O) groups is 2. The van der Waals surface area contributed by atoms with E-state index in [1.54, 1.807) is 31.2 Å². The van der Waals surface area contributed by atoms with Crippen molar-refractivity contribution in [2.24, 2.45) is 0 Å². The molecular formula is C23H19Cl2NO3S. The van der Waals surface area contributed by atoms with Gasteiger partial charge in [0.2, 0.25) is 5.91 Å². The second-order valence-electron chi connectivity index (χ2n) is 6.40. The third-order valence-corrected chi connectivity index (χ3v) is 5.83. The van der Waals surface area contributed by atoms with Crippen LogP contribution >= 0.6 is 34.5 Å². The van der Waals surface area contributed by atoms with Gasteiger partial charge in [0.05, 0.1) is 6.61 Å². The monoisotopic (exact) mass is 459 g/mol. The van der Waals surface area contributed by atoms with Crippen LogP contribution in [0, 0.1) is 6.92 Å². The Morgan fingerprint density at radius 3 is 2.40 bits per heavy atom. The summed E-state index contributed by atoms with van der Waals surface area (Å²) < 4.78 is 5.22. The number of hydrogen-bond acceptors (Lipinski definition) is 4. The van der Waals surface area contributed by atoms with Gasteiger partial charge in [0.15, 0.2) is 0 Å². The smallest absolute Gasteiger partial charge is 0.341 e. The number of anilines is 1. The third-order valence-electron chi connectivity index (χ3n) is 4.27. The van der Waals surface area contributed by atoms with Crippen molar-refractivity contribution < 1.29 is 14.3 Å². The molecule has 0 radical (unpaired) electrons. The van der Waals surface area contributed by atoms with Gasteiger partial charge >= 0.3 is 5.97 Å². The van der Waals surface area contributed by atoms with Crippen LogP contribution in [0.1, 0.15) is 28.4 Å². The van der Waals surface area contributed by atoms with Crippen molar-refractivity contribution in [3.05, 3.63) is 80.7 Å². The third kappa shape index (κ3) is 5.11. The minimum absolute atomic E-state index is 0.236. The maximum absolute atomic E-state index is 12.6. The number of benzene rings is 2. The number of hydrogen-bond donors (Lipinski definition) is 1. The molecule has 1 amide bonds. The molecule has 30 heavy (non-hydrogen) atoms. The highest BCUT2D eigenvalue weighted by Crippen LogP contribution is 2.36. The van der Waals surface area contributed by atoms with Crippen LogP contribution in [-0.2, 0) is 9.53 Å². The lowest BCUT2D eigenvalue weighted by molar-refractivity contribution is -0.111. The topological polar surface area (TPSA) is 55.4 Å². The highest BCUT2D eigenvalue weighted by molar-refractivity contribution is 7.15. The van der Waals surface area contributed by atoms with Gasteiger partial charge in [0, 0.05) is 32.6 Å². The molecule has 1 heterocycles. The lowest BCUT2D eigenvalue weighted by Gasteiger charge is -2.08. The van der Waals surface area contributed by atoms with Gasteiger partial charge in [0.1, 0.15) is 10.6 Å². The molecule has 0 bridgehead atoms.